The van der Waals surface area contributed by atoms with Gasteiger partial charge in [0.25, 0.3) is 0 Å². The molecule has 0 atom stereocenters. The van der Waals surface area contributed by atoms with E-state index in [0.717, 1.165) is 4.90 Å². The molecule has 2 amide bonds. The lowest BCUT2D eigenvalue weighted by atomic mass is 10.3. The Kier molecular flexibility index (Phi) is 5.43. The molecule has 2 aromatic carbocycles. The van der Waals surface area contributed by atoms with Crippen LogP contribution < -0.4 is 16.4 Å². The normalized spacial score (nSPS) is 10.0. The Morgan fingerprint density at radius 2 is 1.50 bits per heavy atom. The first-order chi connectivity index (χ1) is 10.5. The van der Waals surface area contributed by atoms with Gasteiger partial charge in [-0.3, -0.25) is 9.59 Å². The van der Waals surface area contributed by atoms with Gasteiger partial charge < -0.3 is 16.4 Å². The van der Waals surface area contributed by atoms with Crippen molar-refractivity contribution in [3.8, 4) is 0 Å². The number of carbonyl (C=O) groups is 2. The highest BCUT2D eigenvalue weighted by Crippen LogP contribution is 2.20. The zero-order chi connectivity index (χ0) is 15.9. The Morgan fingerprint density at radius 1 is 0.955 bits per heavy atom. The van der Waals surface area contributed by atoms with Gasteiger partial charge in [-0.15, -0.1) is 11.8 Å². The summed E-state index contributed by atoms with van der Waals surface area (Å²) >= 11 is 1.44. The van der Waals surface area contributed by atoms with Crippen LogP contribution in [0.5, 0.6) is 0 Å². The van der Waals surface area contributed by atoms with Crippen molar-refractivity contribution in [2.24, 2.45) is 0 Å². The van der Waals surface area contributed by atoms with Gasteiger partial charge in [0, 0.05) is 28.9 Å². The number of nitrogen functional groups attached to an aromatic ring is 1. The Bertz CT molecular complexity index is 654. The van der Waals surface area contributed by atoms with Crippen molar-refractivity contribution in [3.63, 3.8) is 0 Å². The van der Waals surface area contributed by atoms with E-state index in [2.05, 4.69) is 10.6 Å². The number of benzene rings is 2. The average Bonchev–Trinajstić information content (AvgIpc) is 2.48. The van der Waals surface area contributed by atoms with E-state index in [9.17, 15) is 9.59 Å². The quantitative estimate of drug-likeness (QED) is 0.585. The number of nitrogens with one attached hydrogen (secondary N) is 2. The second kappa shape index (κ2) is 7.51. The highest BCUT2D eigenvalue weighted by molar-refractivity contribution is 8.00. The fraction of sp³-hybridized carbons (Fsp3) is 0.125. The summed E-state index contributed by atoms with van der Waals surface area (Å²) in [7, 11) is 0. The highest BCUT2D eigenvalue weighted by atomic mass is 32.2. The van der Waals surface area contributed by atoms with E-state index < -0.39 is 0 Å². The molecule has 0 bridgehead atoms. The standard InChI is InChI=1S/C16H17N3O2S/c1-11(20)18-13-4-6-14(7-5-13)19-16(21)10-22-15-8-2-12(17)3-9-15/h2-9H,10,17H2,1H3,(H,18,20)(H,19,21). The largest absolute Gasteiger partial charge is 0.399 e. The van der Waals surface area contributed by atoms with Crippen LogP contribution in [-0.4, -0.2) is 17.6 Å². The first-order valence-corrected chi connectivity index (χ1v) is 7.67. The lowest BCUT2D eigenvalue weighted by Crippen LogP contribution is -2.14. The van der Waals surface area contributed by atoms with Crippen LogP contribution in [0.25, 0.3) is 0 Å². The molecule has 0 unspecified atom stereocenters. The molecule has 0 heterocycles. The van der Waals surface area contributed by atoms with E-state index in [1.807, 2.05) is 12.1 Å². The molecular weight excluding hydrogens is 298 g/mol. The number of nitrogens with two attached hydrogens (primary N) is 1. The molecule has 2 aromatic rings. The number of hydrogen-bond acceptors (Lipinski definition) is 4. The fourth-order valence-corrected chi connectivity index (χ4v) is 2.45. The molecule has 0 fully saturated rings. The number of amides is 2. The first kappa shape index (κ1) is 15.9. The van der Waals surface area contributed by atoms with Crippen LogP contribution in [0, 0.1) is 0 Å². The third-order valence-corrected chi connectivity index (χ3v) is 3.75. The molecule has 0 radical (unpaired) electrons. The molecule has 0 aromatic heterocycles. The van der Waals surface area contributed by atoms with Crippen molar-refractivity contribution in [1.82, 2.24) is 0 Å². The Hall–Kier alpha value is -2.47. The Morgan fingerprint density at radius 3 is 2.05 bits per heavy atom. The summed E-state index contributed by atoms with van der Waals surface area (Å²) in [6, 6.07) is 14.4. The predicted octanol–water partition coefficient (Wildman–Crippen LogP) is 2.96. The van der Waals surface area contributed by atoms with E-state index in [1.54, 1.807) is 36.4 Å². The summed E-state index contributed by atoms with van der Waals surface area (Å²) in [5.41, 5.74) is 7.70. The maximum absolute atomic E-state index is 11.9. The van der Waals surface area contributed by atoms with Crippen LogP contribution in [0.4, 0.5) is 17.1 Å². The molecule has 0 aliphatic heterocycles. The second-order valence-corrected chi connectivity index (χ2v) is 5.71. The third-order valence-electron chi connectivity index (χ3n) is 2.74. The smallest absolute Gasteiger partial charge is 0.234 e. The maximum atomic E-state index is 11.9. The van der Waals surface area contributed by atoms with Gasteiger partial charge in [0.1, 0.15) is 0 Å². The molecule has 6 heteroatoms. The molecule has 0 spiro atoms. The minimum atomic E-state index is -0.128. The summed E-state index contributed by atoms with van der Waals surface area (Å²) in [5.74, 6) is 0.1000. The summed E-state index contributed by atoms with van der Waals surface area (Å²) in [6.45, 7) is 1.45. The minimum Gasteiger partial charge on any atom is -0.399 e. The highest BCUT2D eigenvalue weighted by Gasteiger charge is 2.04. The van der Waals surface area contributed by atoms with E-state index in [-0.39, 0.29) is 11.8 Å². The third kappa shape index (κ3) is 5.14. The molecule has 22 heavy (non-hydrogen) atoms. The number of hydrogen-bond donors (Lipinski definition) is 3. The zero-order valence-corrected chi connectivity index (χ0v) is 12.9. The van der Waals surface area contributed by atoms with Crippen LogP contribution in [0.1, 0.15) is 6.92 Å². The molecule has 5 nitrogen and oxygen atoms in total. The summed E-state index contributed by atoms with van der Waals surface area (Å²) in [4.78, 5) is 23.8. The van der Waals surface area contributed by atoms with Gasteiger partial charge in [0.05, 0.1) is 5.75 Å². The molecule has 0 saturated carbocycles. The zero-order valence-electron chi connectivity index (χ0n) is 12.1. The van der Waals surface area contributed by atoms with E-state index in [0.29, 0.717) is 22.8 Å². The van der Waals surface area contributed by atoms with E-state index in [4.69, 9.17) is 5.73 Å². The Balaban J connectivity index is 1.83. The number of carbonyl (C=O) groups excluding carboxylic acids is 2. The van der Waals surface area contributed by atoms with Crippen molar-refractivity contribution in [2.45, 2.75) is 11.8 Å². The monoisotopic (exact) mass is 315 g/mol. The van der Waals surface area contributed by atoms with E-state index in [1.165, 1.54) is 18.7 Å². The number of rotatable bonds is 5. The molecule has 0 aliphatic carbocycles. The van der Waals surface area contributed by atoms with Crippen LogP contribution in [0.2, 0.25) is 0 Å². The van der Waals surface area contributed by atoms with E-state index >= 15 is 0 Å². The SMILES string of the molecule is CC(=O)Nc1ccc(NC(=O)CSc2ccc(N)cc2)cc1. The van der Waals surface area contributed by atoms with Gasteiger partial charge in [0.15, 0.2) is 0 Å². The van der Waals surface area contributed by atoms with Crippen molar-refractivity contribution < 1.29 is 9.59 Å². The topological polar surface area (TPSA) is 84.2 Å². The summed E-state index contributed by atoms with van der Waals surface area (Å²) in [6.07, 6.45) is 0. The van der Waals surface area contributed by atoms with Crippen molar-refractivity contribution >= 4 is 40.6 Å². The molecular formula is C16H17N3O2S. The molecule has 0 saturated heterocycles. The fourth-order valence-electron chi connectivity index (χ4n) is 1.75. The van der Waals surface area contributed by atoms with Crippen LogP contribution >= 0.6 is 11.8 Å². The van der Waals surface area contributed by atoms with Crippen LogP contribution in [0.3, 0.4) is 0 Å². The van der Waals surface area contributed by atoms with Crippen LogP contribution in [-0.2, 0) is 9.59 Å². The van der Waals surface area contributed by atoms with Gasteiger partial charge >= 0.3 is 0 Å². The maximum Gasteiger partial charge on any atom is 0.234 e. The van der Waals surface area contributed by atoms with Gasteiger partial charge in [-0.05, 0) is 48.5 Å². The number of thioether (sulfide) groups is 1. The molecule has 2 rings (SSSR count). The second-order valence-electron chi connectivity index (χ2n) is 4.66. The lowest BCUT2D eigenvalue weighted by Gasteiger charge is -2.07. The predicted molar refractivity (Wildman–Crippen MR) is 91.0 cm³/mol. The van der Waals surface area contributed by atoms with Gasteiger partial charge in [0.2, 0.25) is 11.8 Å². The summed E-state index contributed by atoms with van der Waals surface area (Å²) in [5, 5.41) is 5.48. The molecule has 114 valence electrons. The number of anilines is 3. The van der Waals surface area contributed by atoms with Crippen molar-refractivity contribution in [1.29, 1.82) is 0 Å². The first-order valence-electron chi connectivity index (χ1n) is 6.69. The van der Waals surface area contributed by atoms with Crippen LogP contribution in [0.15, 0.2) is 53.4 Å². The Labute approximate surface area is 133 Å². The van der Waals surface area contributed by atoms with Crippen molar-refractivity contribution in [2.75, 3.05) is 22.1 Å². The summed E-state index contributed by atoms with van der Waals surface area (Å²) < 4.78 is 0. The van der Waals surface area contributed by atoms with Gasteiger partial charge in [-0.2, -0.15) is 0 Å². The van der Waals surface area contributed by atoms with Crippen molar-refractivity contribution in [3.05, 3.63) is 48.5 Å². The molecule has 4 N–H and O–H groups in total. The lowest BCUT2D eigenvalue weighted by molar-refractivity contribution is -0.114. The van der Waals surface area contributed by atoms with Gasteiger partial charge in [-0.25, -0.2) is 0 Å². The average molecular weight is 315 g/mol. The van der Waals surface area contributed by atoms with Gasteiger partial charge in [-0.1, -0.05) is 0 Å². The molecule has 0 aliphatic rings. The minimum absolute atomic E-state index is 0.0888.